The minimum atomic E-state index is -0.459. The number of carbonyl (C=O) groups excluding carboxylic acids is 1. The Morgan fingerprint density at radius 1 is 1.14 bits per heavy atom. The van der Waals surface area contributed by atoms with E-state index in [4.69, 9.17) is 11.6 Å². The molecule has 1 aliphatic rings. The molecule has 1 saturated heterocycles. The fraction of sp³-hybridized carbons (Fsp3) is 0.235. The molecule has 1 fully saturated rings. The molecule has 5 heteroatoms. The number of nitrogens with zero attached hydrogens (tertiary/aromatic N) is 1. The van der Waals surface area contributed by atoms with Crippen LogP contribution >= 0.6 is 11.6 Å². The van der Waals surface area contributed by atoms with Crippen molar-refractivity contribution >= 4 is 28.9 Å². The van der Waals surface area contributed by atoms with Crippen molar-refractivity contribution in [2.24, 2.45) is 0 Å². The molecular formula is C17H16ClFN2O. The molecule has 3 rings (SSSR count). The van der Waals surface area contributed by atoms with Crippen LogP contribution in [-0.4, -0.2) is 19.0 Å². The Morgan fingerprint density at radius 2 is 1.86 bits per heavy atom. The van der Waals surface area contributed by atoms with Gasteiger partial charge in [0.25, 0.3) is 5.91 Å². The number of nitrogens with one attached hydrogen (secondary N) is 1. The molecule has 114 valence electrons. The van der Waals surface area contributed by atoms with E-state index in [0.29, 0.717) is 0 Å². The summed E-state index contributed by atoms with van der Waals surface area (Å²) in [6.07, 6.45) is 2.32. The highest BCUT2D eigenvalue weighted by molar-refractivity contribution is 6.34. The van der Waals surface area contributed by atoms with Crippen molar-refractivity contribution in [3.63, 3.8) is 0 Å². The maximum absolute atomic E-state index is 13.1. The molecule has 0 unspecified atom stereocenters. The van der Waals surface area contributed by atoms with E-state index in [2.05, 4.69) is 10.2 Å². The van der Waals surface area contributed by atoms with Crippen LogP contribution in [0.1, 0.15) is 23.2 Å². The standard InChI is InChI=1S/C17H16ClFN2O/c18-14-11-12(19)7-8-13(14)17(22)20-15-5-1-2-6-16(15)21-9-3-4-10-21/h1-2,5-8,11H,3-4,9-10H2,(H,20,22). The fourth-order valence-electron chi connectivity index (χ4n) is 2.68. The molecule has 2 aromatic rings. The summed E-state index contributed by atoms with van der Waals surface area (Å²) in [5.41, 5.74) is 2.01. The third-order valence-corrected chi connectivity index (χ3v) is 4.09. The van der Waals surface area contributed by atoms with Crippen molar-refractivity contribution in [1.82, 2.24) is 0 Å². The third kappa shape index (κ3) is 3.07. The number of anilines is 2. The van der Waals surface area contributed by atoms with Crippen molar-refractivity contribution in [1.29, 1.82) is 0 Å². The van der Waals surface area contributed by atoms with Gasteiger partial charge in [0.15, 0.2) is 0 Å². The second kappa shape index (κ2) is 6.36. The van der Waals surface area contributed by atoms with Crippen LogP contribution in [0.3, 0.4) is 0 Å². The van der Waals surface area contributed by atoms with Crippen LogP contribution < -0.4 is 10.2 Å². The largest absolute Gasteiger partial charge is 0.370 e. The molecule has 0 radical (unpaired) electrons. The number of hydrogen-bond donors (Lipinski definition) is 1. The zero-order chi connectivity index (χ0) is 15.5. The zero-order valence-corrected chi connectivity index (χ0v) is 12.7. The van der Waals surface area contributed by atoms with Crippen molar-refractivity contribution in [3.8, 4) is 0 Å². The summed E-state index contributed by atoms with van der Waals surface area (Å²) >= 11 is 5.95. The van der Waals surface area contributed by atoms with Crippen LogP contribution in [-0.2, 0) is 0 Å². The number of carbonyl (C=O) groups is 1. The van der Waals surface area contributed by atoms with E-state index >= 15 is 0 Å². The first-order valence-electron chi connectivity index (χ1n) is 7.25. The lowest BCUT2D eigenvalue weighted by Crippen LogP contribution is -2.21. The van der Waals surface area contributed by atoms with Gasteiger partial charge in [-0.25, -0.2) is 4.39 Å². The van der Waals surface area contributed by atoms with Gasteiger partial charge in [0, 0.05) is 13.1 Å². The number of para-hydroxylation sites is 2. The van der Waals surface area contributed by atoms with Gasteiger partial charge in [0.1, 0.15) is 5.82 Å². The maximum atomic E-state index is 13.1. The Balaban J connectivity index is 1.85. The predicted octanol–water partition coefficient (Wildman–Crippen LogP) is 4.33. The van der Waals surface area contributed by atoms with Gasteiger partial charge < -0.3 is 10.2 Å². The summed E-state index contributed by atoms with van der Waals surface area (Å²) < 4.78 is 13.1. The highest BCUT2D eigenvalue weighted by Gasteiger charge is 2.18. The predicted molar refractivity (Wildman–Crippen MR) is 87.3 cm³/mol. The first kappa shape index (κ1) is 14.9. The quantitative estimate of drug-likeness (QED) is 0.913. The Bertz CT molecular complexity index is 699. The molecule has 0 aliphatic carbocycles. The normalized spacial score (nSPS) is 14.2. The molecule has 0 atom stereocenters. The number of amides is 1. The molecule has 0 spiro atoms. The van der Waals surface area contributed by atoms with Crippen molar-refractivity contribution in [2.75, 3.05) is 23.3 Å². The Morgan fingerprint density at radius 3 is 2.59 bits per heavy atom. The number of rotatable bonds is 3. The first-order valence-corrected chi connectivity index (χ1v) is 7.63. The summed E-state index contributed by atoms with van der Waals surface area (Å²) in [7, 11) is 0. The van der Waals surface area contributed by atoms with Gasteiger partial charge in [0.05, 0.1) is 22.0 Å². The summed E-state index contributed by atoms with van der Waals surface area (Å²) in [5.74, 6) is -0.796. The van der Waals surface area contributed by atoms with Gasteiger partial charge in [-0.3, -0.25) is 4.79 Å². The smallest absolute Gasteiger partial charge is 0.257 e. The molecule has 1 aliphatic heterocycles. The third-order valence-electron chi connectivity index (χ3n) is 3.77. The highest BCUT2D eigenvalue weighted by atomic mass is 35.5. The first-order chi connectivity index (χ1) is 10.6. The minimum Gasteiger partial charge on any atom is -0.370 e. The zero-order valence-electron chi connectivity index (χ0n) is 12.0. The maximum Gasteiger partial charge on any atom is 0.257 e. The van der Waals surface area contributed by atoms with E-state index in [0.717, 1.165) is 43.4 Å². The molecule has 22 heavy (non-hydrogen) atoms. The number of halogens is 2. The van der Waals surface area contributed by atoms with Crippen LogP contribution in [0.25, 0.3) is 0 Å². The second-order valence-corrected chi connectivity index (χ2v) is 5.70. The molecular weight excluding hydrogens is 303 g/mol. The minimum absolute atomic E-state index is 0.108. The molecule has 0 saturated carbocycles. The average Bonchev–Trinajstić information content (AvgIpc) is 3.01. The van der Waals surface area contributed by atoms with E-state index in [1.165, 1.54) is 12.1 Å². The van der Waals surface area contributed by atoms with Crippen LogP contribution in [0.4, 0.5) is 15.8 Å². The fourth-order valence-corrected chi connectivity index (χ4v) is 2.93. The average molecular weight is 319 g/mol. The summed E-state index contributed by atoms with van der Waals surface area (Å²) in [6.45, 7) is 1.98. The van der Waals surface area contributed by atoms with Gasteiger partial charge in [0.2, 0.25) is 0 Å². The van der Waals surface area contributed by atoms with E-state index < -0.39 is 5.82 Å². The van der Waals surface area contributed by atoms with Crippen LogP contribution in [0.15, 0.2) is 42.5 Å². The molecule has 3 nitrogen and oxygen atoms in total. The van der Waals surface area contributed by atoms with Crippen molar-refractivity contribution in [3.05, 3.63) is 58.9 Å². The monoisotopic (exact) mass is 318 g/mol. The van der Waals surface area contributed by atoms with Gasteiger partial charge >= 0.3 is 0 Å². The van der Waals surface area contributed by atoms with Gasteiger partial charge in [-0.05, 0) is 43.2 Å². The molecule has 1 heterocycles. The van der Waals surface area contributed by atoms with Gasteiger partial charge in [-0.15, -0.1) is 0 Å². The van der Waals surface area contributed by atoms with E-state index in [-0.39, 0.29) is 16.5 Å². The molecule has 1 amide bonds. The van der Waals surface area contributed by atoms with Crippen molar-refractivity contribution < 1.29 is 9.18 Å². The lowest BCUT2D eigenvalue weighted by Gasteiger charge is -2.21. The lowest BCUT2D eigenvalue weighted by atomic mass is 10.2. The summed E-state index contributed by atoms with van der Waals surface area (Å²) in [5, 5.41) is 2.98. The Labute approximate surface area is 133 Å². The summed E-state index contributed by atoms with van der Waals surface area (Å²) in [4.78, 5) is 14.6. The molecule has 0 bridgehead atoms. The molecule has 2 aromatic carbocycles. The van der Waals surface area contributed by atoms with Crippen LogP contribution in [0.2, 0.25) is 5.02 Å². The Hall–Kier alpha value is -2.07. The van der Waals surface area contributed by atoms with E-state index in [1.807, 2.05) is 24.3 Å². The topological polar surface area (TPSA) is 32.3 Å². The molecule has 0 aromatic heterocycles. The highest BCUT2D eigenvalue weighted by Crippen LogP contribution is 2.29. The van der Waals surface area contributed by atoms with Gasteiger partial charge in [-0.2, -0.15) is 0 Å². The second-order valence-electron chi connectivity index (χ2n) is 5.29. The van der Waals surface area contributed by atoms with E-state index in [9.17, 15) is 9.18 Å². The SMILES string of the molecule is O=C(Nc1ccccc1N1CCCC1)c1ccc(F)cc1Cl. The van der Waals surface area contributed by atoms with Crippen LogP contribution in [0, 0.1) is 5.82 Å². The Kier molecular flexibility index (Phi) is 4.29. The van der Waals surface area contributed by atoms with Crippen LogP contribution in [0.5, 0.6) is 0 Å². The lowest BCUT2D eigenvalue weighted by molar-refractivity contribution is 0.102. The van der Waals surface area contributed by atoms with E-state index in [1.54, 1.807) is 0 Å². The number of benzene rings is 2. The number of hydrogen-bond acceptors (Lipinski definition) is 2. The van der Waals surface area contributed by atoms with Gasteiger partial charge in [-0.1, -0.05) is 23.7 Å². The summed E-state index contributed by atoms with van der Waals surface area (Å²) in [6, 6.07) is 11.5. The molecule has 1 N–H and O–H groups in total. The van der Waals surface area contributed by atoms with Crippen molar-refractivity contribution in [2.45, 2.75) is 12.8 Å².